The molecule has 0 aliphatic carbocycles. The van der Waals surface area contributed by atoms with Gasteiger partial charge in [-0.15, -0.1) is 0 Å². The first kappa shape index (κ1) is 12.3. The third-order valence-corrected chi connectivity index (χ3v) is 4.55. The molecular formula is C11H24N2S. The molecule has 84 valence electrons. The molecule has 0 radical (unpaired) electrons. The van der Waals surface area contributed by atoms with Crippen LogP contribution in [0.15, 0.2) is 0 Å². The van der Waals surface area contributed by atoms with E-state index in [9.17, 15) is 0 Å². The Morgan fingerprint density at radius 1 is 1.43 bits per heavy atom. The average molecular weight is 216 g/mol. The highest BCUT2D eigenvalue weighted by atomic mass is 32.2. The molecule has 1 saturated heterocycles. The molecule has 0 spiro atoms. The van der Waals surface area contributed by atoms with Crippen LogP contribution in [0.5, 0.6) is 0 Å². The molecule has 0 amide bonds. The molecule has 0 aromatic rings. The quantitative estimate of drug-likeness (QED) is 0.761. The molecule has 1 aliphatic heterocycles. The molecule has 2 nitrogen and oxygen atoms in total. The summed E-state index contributed by atoms with van der Waals surface area (Å²) in [7, 11) is 0. The van der Waals surface area contributed by atoms with Crippen molar-refractivity contribution >= 4 is 11.8 Å². The van der Waals surface area contributed by atoms with Crippen molar-refractivity contribution in [2.45, 2.75) is 38.6 Å². The molecule has 0 aromatic heterocycles. The van der Waals surface area contributed by atoms with Crippen molar-refractivity contribution in [3.8, 4) is 0 Å². The molecular weight excluding hydrogens is 192 g/mol. The van der Waals surface area contributed by atoms with Gasteiger partial charge in [0, 0.05) is 17.8 Å². The third-order valence-electron chi connectivity index (χ3n) is 3.23. The van der Waals surface area contributed by atoms with Gasteiger partial charge in [0.1, 0.15) is 0 Å². The summed E-state index contributed by atoms with van der Waals surface area (Å²) in [5, 5.41) is 0. The zero-order valence-electron chi connectivity index (χ0n) is 9.59. The third kappa shape index (κ3) is 2.65. The Morgan fingerprint density at radius 2 is 2.21 bits per heavy atom. The van der Waals surface area contributed by atoms with Crippen LogP contribution in [0, 0.1) is 0 Å². The summed E-state index contributed by atoms with van der Waals surface area (Å²) in [6, 6.07) is 0. The van der Waals surface area contributed by atoms with Crippen molar-refractivity contribution in [1.82, 2.24) is 4.90 Å². The van der Waals surface area contributed by atoms with Crippen LogP contribution in [-0.4, -0.2) is 41.6 Å². The predicted octanol–water partition coefficient (Wildman–Crippen LogP) is 1.94. The molecule has 0 saturated carbocycles. The topological polar surface area (TPSA) is 29.3 Å². The lowest BCUT2D eigenvalue weighted by molar-refractivity contribution is 0.109. The maximum Gasteiger partial charge on any atom is 0.0422 e. The number of rotatable bonds is 5. The van der Waals surface area contributed by atoms with Crippen molar-refractivity contribution in [3.63, 3.8) is 0 Å². The Kier molecular flexibility index (Phi) is 5.28. The highest BCUT2D eigenvalue weighted by molar-refractivity contribution is 7.99. The van der Waals surface area contributed by atoms with E-state index in [0.717, 1.165) is 13.1 Å². The lowest BCUT2D eigenvalue weighted by Crippen LogP contribution is -2.57. The summed E-state index contributed by atoms with van der Waals surface area (Å²) in [6.07, 6.45) is 3.87. The molecule has 1 atom stereocenters. The zero-order valence-corrected chi connectivity index (χ0v) is 10.4. The fourth-order valence-corrected chi connectivity index (χ4v) is 3.70. The van der Waals surface area contributed by atoms with Gasteiger partial charge in [-0.25, -0.2) is 0 Å². The minimum atomic E-state index is 0.313. The van der Waals surface area contributed by atoms with Gasteiger partial charge in [-0.2, -0.15) is 11.8 Å². The van der Waals surface area contributed by atoms with Crippen molar-refractivity contribution in [1.29, 1.82) is 0 Å². The van der Waals surface area contributed by atoms with Gasteiger partial charge in [-0.05, 0) is 38.1 Å². The minimum Gasteiger partial charge on any atom is -0.329 e. The first-order chi connectivity index (χ1) is 6.79. The van der Waals surface area contributed by atoms with Crippen molar-refractivity contribution in [2.75, 3.05) is 31.1 Å². The van der Waals surface area contributed by atoms with Crippen molar-refractivity contribution in [2.24, 2.45) is 5.73 Å². The maximum absolute atomic E-state index is 5.99. The maximum atomic E-state index is 5.99. The summed E-state index contributed by atoms with van der Waals surface area (Å²) >= 11 is 2.07. The Labute approximate surface area is 92.6 Å². The Morgan fingerprint density at radius 3 is 2.64 bits per heavy atom. The molecule has 14 heavy (non-hydrogen) atoms. The average Bonchev–Trinajstić information content (AvgIpc) is 2.27. The highest BCUT2D eigenvalue weighted by Crippen LogP contribution is 2.31. The molecule has 0 bridgehead atoms. The lowest BCUT2D eigenvalue weighted by Gasteiger charge is -2.45. The van der Waals surface area contributed by atoms with E-state index < -0.39 is 0 Å². The van der Waals surface area contributed by atoms with E-state index in [1.807, 2.05) is 0 Å². The van der Waals surface area contributed by atoms with Gasteiger partial charge < -0.3 is 5.73 Å². The first-order valence-electron chi connectivity index (χ1n) is 5.82. The Balaban J connectivity index is 2.63. The second kappa shape index (κ2) is 5.99. The van der Waals surface area contributed by atoms with Gasteiger partial charge in [-0.3, -0.25) is 4.90 Å². The molecule has 1 aliphatic rings. The minimum absolute atomic E-state index is 0.313. The normalized spacial score (nSPS) is 28.3. The summed E-state index contributed by atoms with van der Waals surface area (Å²) < 4.78 is 0. The van der Waals surface area contributed by atoms with Crippen LogP contribution >= 0.6 is 11.8 Å². The molecule has 1 fully saturated rings. The standard InChI is InChI=1S/C11H24N2S/c1-3-7-13(4-2)11(9-12)6-5-8-14-10-11/h3-10,12H2,1-2H3. The van der Waals surface area contributed by atoms with Gasteiger partial charge >= 0.3 is 0 Å². The molecule has 1 heterocycles. The molecule has 2 N–H and O–H groups in total. The van der Waals surface area contributed by atoms with Gasteiger partial charge in [0.05, 0.1) is 0 Å². The second-order valence-electron chi connectivity index (χ2n) is 4.16. The van der Waals surface area contributed by atoms with Crippen LogP contribution in [0.25, 0.3) is 0 Å². The fraction of sp³-hybridized carbons (Fsp3) is 1.00. The van der Waals surface area contributed by atoms with Crippen molar-refractivity contribution < 1.29 is 0 Å². The van der Waals surface area contributed by atoms with E-state index in [1.54, 1.807) is 0 Å². The number of thioether (sulfide) groups is 1. The smallest absolute Gasteiger partial charge is 0.0422 e. The summed E-state index contributed by atoms with van der Waals surface area (Å²) in [4.78, 5) is 2.60. The first-order valence-corrected chi connectivity index (χ1v) is 6.97. The van der Waals surface area contributed by atoms with E-state index in [4.69, 9.17) is 5.73 Å². The summed E-state index contributed by atoms with van der Waals surface area (Å²) in [6.45, 7) is 7.68. The van der Waals surface area contributed by atoms with E-state index in [1.165, 1.54) is 37.3 Å². The van der Waals surface area contributed by atoms with E-state index >= 15 is 0 Å². The lowest BCUT2D eigenvalue weighted by atomic mass is 9.93. The Hall–Kier alpha value is 0.270. The van der Waals surface area contributed by atoms with E-state index in [-0.39, 0.29) is 0 Å². The number of hydrogen-bond donors (Lipinski definition) is 1. The molecule has 0 aromatic carbocycles. The van der Waals surface area contributed by atoms with E-state index in [0.29, 0.717) is 5.54 Å². The fourth-order valence-electron chi connectivity index (χ4n) is 2.38. The van der Waals surface area contributed by atoms with Crippen LogP contribution in [0.4, 0.5) is 0 Å². The van der Waals surface area contributed by atoms with Crippen LogP contribution in [0.1, 0.15) is 33.1 Å². The predicted molar refractivity (Wildman–Crippen MR) is 65.9 cm³/mol. The highest BCUT2D eigenvalue weighted by Gasteiger charge is 2.35. The van der Waals surface area contributed by atoms with Crippen LogP contribution in [0.3, 0.4) is 0 Å². The van der Waals surface area contributed by atoms with Crippen LogP contribution in [0.2, 0.25) is 0 Å². The molecule has 1 rings (SSSR count). The number of hydrogen-bond acceptors (Lipinski definition) is 3. The van der Waals surface area contributed by atoms with Gasteiger partial charge in [0.2, 0.25) is 0 Å². The summed E-state index contributed by atoms with van der Waals surface area (Å²) in [5.74, 6) is 2.56. The largest absolute Gasteiger partial charge is 0.329 e. The number of nitrogens with two attached hydrogens (primary N) is 1. The monoisotopic (exact) mass is 216 g/mol. The SMILES string of the molecule is CCCN(CC)C1(CN)CCCSC1. The van der Waals surface area contributed by atoms with Crippen LogP contribution in [-0.2, 0) is 0 Å². The van der Waals surface area contributed by atoms with Gasteiger partial charge in [0.25, 0.3) is 0 Å². The van der Waals surface area contributed by atoms with Gasteiger partial charge in [-0.1, -0.05) is 13.8 Å². The number of nitrogens with zero attached hydrogens (tertiary/aromatic N) is 1. The van der Waals surface area contributed by atoms with Gasteiger partial charge in [0.15, 0.2) is 0 Å². The zero-order chi connectivity index (χ0) is 10.4. The Bertz CT molecular complexity index is 155. The second-order valence-corrected chi connectivity index (χ2v) is 5.27. The van der Waals surface area contributed by atoms with E-state index in [2.05, 4.69) is 30.5 Å². The van der Waals surface area contributed by atoms with Crippen LogP contribution < -0.4 is 5.73 Å². The van der Waals surface area contributed by atoms with Crippen molar-refractivity contribution in [3.05, 3.63) is 0 Å². The number of likely N-dealkylation sites (N-methyl/N-ethyl adjacent to an activating group) is 1. The molecule has 1 unspecified atom stereocenters. The molecule has 3 heteroatoms. The summed E-state index contributed by atoms with van der Waals surface area (Å²) in [5.41, 5.74) is 6.30.